The monoisotopic (exact) mass is 552 g/mol. The number of morpholine rings is 1. The van der Waals surface area contributed by atoms with Crippen LogP contribution in [0.2, 0.25) is 10.0 Å². The Balaban J connectivity index is 1.44. The number of hydrogen-bond donors (Lipinski definition) is 1. The molecule has 38 heavy (non-hydrogen) atoms. The summed E-state index contributed by atoms with van der Waals surface area (Å²) in [6.07, 6.45) is 1.67. The fourth-order valence-corrected chi connectivity index (χ4v) is 5.22. The summed E-state index contributed by atoms with van der Waals surface area (Å²) in [7, 11) is 0. The number of aryl methyl sites for hydroxylation is 1. The zero-order chi connectivity index (χ0) is 26.5. The van der Waals surface area contributed by atoms with E-state index in [1.165, 1.54) is 0 Å². The number of amides is 1. The van der Waals surface area contributed by atoms with Crippen molar-refractivity contribution in [1.29, 1.82) is 0 Å². The predicted octanol–water partition coefficient (Wildman–Crippen LogP) is 3.86. The molecule has 0 radical (unpaired) electrons. The minimum absolute atomic E-state index is 0.271. The van der Waals surface area contributed by atoms with Crippen molar-refractivity contribution >= 4 is 29.1 Å². The summed E-state index contributed by atoms with van der Waals surface area (Å²) in [5.41, 5.74) is 5.44. The van der Waals surface area contributed by atoms with Crippen LogP contribution in [0.4, 0.5) is 0 Å². The Morgan fingerprint density at radius 3 is 2.58 bits per heavy atom. The lowest BCUT2D eigenvalue weighted by Gasteiger charge is -2.28. The lowest BCUT2D eigenvalue weighted by molar-refractivity contribution is -0.135. The average Bonchev–Trinajstić information content (AvgIpc) is 3.31. The summed E-state index contributed by atoms with van der Waals surface area (Å²) in [5.74, 6) is 6.06. The SMILES string of the molecule is O=C(CO)N1CCc2c(c(-c3ccc(Cl)c(C#Cc4ccc(Cl)cc4)c3)nn2CCCN2CCOCC2)C1. The van der Waals surface area contributed by atoms with E-state index in [2.05, 4.69) is 21.4 Å². The highest BCUT2D eigenvalue weighted by atomic mass is 35.5. The average molecular weight is 553 g/mol. The van der Waals surface area contributed by atoms with Gasteiger partial charge < -0.3 is 14.7 Å². The minimum Gasteiger partial charge on any atom is -0.387 e. The van der Waals surface area contributed by atoms with Gasteiger partial charge in [-0.05, 0) is 42.8 Å². The highest BCUT2D eigenvalue weighted by Gasteiger charge is 2.28. The van der Waals surface area contributed by atoms with Gasteiger partial charge in [-0.1, -0.05) is 41.1 Å². The summed E-state index contributed by atoms with van der Waals surface area (Å²) in [6.45, 7) is 5.78. The van der Waals surface area contributed by atoms with Crippen molar-refractivity contribution in [2.45, 2.75) is 25.9 Å². The maximum atomic E-state index is 12.3. The number of hydrogen-bond acceptors (Lipinski definition) is 5. The topological polar surface area (TPSA) is 70.8 Å². The van der Waals surface area contributed by atoms with E-state index in [0.717, 1.165) is 73.9 Å². The fraction of sp³-hybridized carbons (Fsp3) is 0.379. The van der Waals surface area contributed by atoms with Crippen LogP contribution in [0.3, 0.4) is 0 Å². The van der Waals surface area contributed by atoms with Crippen LogP contribution in [0, 0.1) is 11.8 Å². The molecule has 9 heteroatoms. The number of carbonyl (C=O) groups is 1. The van der Waals surface area contributed by atoms with Crippen LogP contribution in [0.5, 0.6) is 0 Å². The number of carbonyl (C=O) groups excluding carboxylic acids is 1. The maximum absolute atomic E-state index is 12.3. The summed E-state index contributed by atoms with van der Waals surface area (Å²) < 4.78 is 7.56. The van der Waals surface area contributed by atoms with E-state index in [-0.39, 0.29) is 5.91 Å². The molecule has 2 aliphatic heterocycles. The second-order valence-corrected chi connectivity index (χ2v) is 10.3. The maximum Gasteiger partial charge on any atom is 0.248 e. The number of fused-ring (bicyclic) bond motifs is 1. The first kappa shape index (κ1) is 26.7. The van der Waals surface area contributed by atoms with Crippen LogP contribution in [0.1, 0.15) is 28.8 Å². The number of rotatable bonds is 6. The van der Waals surface area contributed by atoms with Crippen LogP contribution >= 0.6 is 23.2 Å². The normalized spacial score (nSPS) is 15.6. The standard InChI is InChI=1S/C29H30Cl2N4O3/c30-24-7-3-21(4-8-24)2-5-22-18-23(6-9-26(22)31)29-25-19-34(28(37)20-36)13-10-27(25)35(32-29)12-1-11-33-14-16-38-17-15-33/h3-4,6-9,18,36H,1,10-17,19-20H2. The summed E-state index contributed by atoms with van der Waals surface area (Å²) in [5, 5.41) is 15.7. The smallest absolute Gasteiger partial charge is 0.248 e. The molecule has 198 valence electrons. The quantitative estimate of drug-likeness (QED) is 0.470. The van der Waals surface area contributed by atoms with Gasteiger partial charge in [0.1, 0.15) is 6.61 Å². The van der Waals surface area contributed by atoms with Crippen LogP contribution in [-0.4, -0.2) is 76.6 Å². The molecule has 1 amide bonds. The second kappa shape index (κ2) is 12.3. The van der Waals surface area contributed by atoms with Gasteiger partial charge in [0.05, 0.1) is 23.9 Å². The molecular formula is C29H30Cl2N4O3. The van der Waals surface area contributed by atoms with E-state index < -0.39 is 6.61 Å². The Bertz CT molecular complexity index is 1350. The number of halogens is 2. The lowest BCUT2D eigenvalue weighted by Crippen LogP contribution is -2.38. The van der Waals surface area contributed by atoms with Crippen molar-refractivity contribution in [2.24, 2.45) is 0 Å². The molecule has 1 aromatic heterocycles. The Morgan fingerprint density at radius 2 is 1.82 bits per heavy atom. The van der Waals surface area contributed by atoms with Gasteiger partial charge in [0.2, 0.25) is 5.91 Å². The molecule has 3 heterocycles. The number of nitrogens with zero attached hydrogens (tertiary/aromatic N) is 4. The first-order chi connectivity index (χ1) is 18.5. The van der Waals surface area contributed by atoms with E-state index in [1.54, 1.807) is 17.0 Å². The third-order valence-electron chi connectivity index (χ3n) is 7.00. The number of aliphatic hydroxyl groups is 1. The molecule has 2 aliphatic rings. The largest absolute Gasteiger partial charge is 0.387 e. The lowest BCUT2D eigenvalue weighted by atomic mass is 9.99. The third-order valence-corrected chi connectivity index (χ3v) is 7.58. The van der Waals surface area contributed by atoms with E-state index in [0.29, 0.717) is 35.1 Å². The molecule has 0 atom stereocenters. The number of benzene rings is 2. The molecule has 0 aliphatic carbocycles. The molecule has 0 unspecified atom stereocenters. The molecule has 1 fully saturated rings. The van der Waals surface area contributed by atoms with Gasteiger partial charge in [-0.25, -0.2) is 0 Å². The van der Waals surface area contributed by atoms with E-state index >= 15 is 0 Å². The number of aromatic nitrogens is 2. The van der Waals surface area contributed by atoms with Crippen LogP contribution in [0.25, 0.3) is 11.3 Å². The van der Waals surface area contributed by atoms with Gasteiger partial charge in [0, 0.05) is 78.7 Å². The summed E-state index contributed by atoms with van der Waals surface area (Å²) >= 11 is 12.5. The van der Waals surface area contributed by atoms with Crippen molar-refractivity contribution in [3.63, 3.8) is 0 Å². The zero-order valence-corrected chi connectivity index (χ0v) is 22.6. The molecule has 0 bridgehead atoms. The van der Waals surface area contributed by atoms with Crippen LogP contribution in [-0.2, 0) is 29.0 Å². The zero-order valence-electron chi connectivity index (χ0n) is 21.1. The molecular weight excluding hydrogens is 523 g/mol. The van der Waals surface area contributed by atoms with Gasteiger partial charge >= 0.3 is 0 Å². The first-order valence-corrected chi connectivity index (χ1v) is 13.6. The first-order valence-electron chi connectivity index (χ1n) is 12.9. The molecule has 5 rings (SSSR count). The second-order valence-electron chi connectivity index (χ2n) is 9.48. The summed E-state index contributed by atoms with van der Waals surface area (Å²) in [6, 6.07) is 13.1. The highest BCUT2D eigenvalue weighted by molar-refractivity contribution is 6.32. The van der Waals surface area contributed by atoms with Gasteiger partial charge in [-0.2, -0.15) is 5.10 Å². The Morgan fingerprint density at radius 1 is 1.03 bits per heavy atom. The van der Waals surface area contributed by atoms with Crippen molar-refractivity contribution in [2.75, 3.05) is 46.0 Å². The Kier molecular flexibility index (Phi) is 8.68. The van der Waals surface area contributed by atoms with E-state index in [9.17, 15) is 9.90 Å². The summed E-state index contributed by atoms with van der Waals surface area (Å²) in [4.78, 5) is 16.4. The third kappa shape index (κ3) is 6.23. The number of ether oxygens (including phenoxy) is 1. The van der Waals surface area contributed by atoms with Gasteiger partial charge in [0.15, 0.2) is 0 Å². The molecule has 0 spiro atoms. The molecule has 1 saturated heterocycles. The van der Waals surface area contributed by atoms with Gasteiger partial charge in [-0.15, -0.1) is 0 Å². The Labute approximate surface area is 232 Å². The molecule has 7 nitrogen and oxygen atoms in total. The molecule has 3 aromatic rings. The molecule has 2 aromatic carbocycles. The molecule has 0 saturated carbocycles. The van der Waals surface area contributed by atoms with Crippen molar-refractivity contribution < 1.29 is 14.6 Å². The van der Waals surface area contributed by atoms with E-state index in [4.69, 9.17) is 33.0 Å². The van der Waals surface area contributed by atoms with Gasteiger partial charge in [-0.3, -0.25) is 14.4 Å². The van der Waals surface area contributed by atoms with Gasteiger partial charge in [0.25, 0.3) is 0 Å². The fourth-order valence-electron chi connectivity index (χ4n) is 4.93. The van der Waals surface area contributed by atoms with Crippen molar-refractivity contribution in [1.82, 2.24) is 19.6 Å². The number of aliphatic hydroxyl groups excluding tert-OH is 1. The van der Waals surface area contributed by atoms with E-state index in [1.807, 2.05) is 30.3 Å². The minimum atomic E-state index is -0.496. The van der Waals surface area contributed by atoms with Crippen molar-refractivity contribution in [3.8, 4) is 23.1 Å². The predicted molar refractivity (Wildman–Crippen MR) is 148 cm³/mol. The Hall–Kier alpha value is -2.86. The van der Waals surface area contributed by atoms with Crippen LogP contribution < -0.4 is 0 Å². The highest BCUT2D eigenvalue weighted by Crippen LogP contribution is 2.32. The van der Waals surface area contributed by atoms with Crippen LogP contribution in [0.15, 0.2) is 42.5 Å². The van der Waals surface area contributed by atoms with Crippen molar-refractivity contribution in [3.05, 3.63) is 74.9 Å². The molecule has 1 N–H and O–H groups in total.